The van der Waals surface area contributed by atoms with E-state index in [0.717, 1.165) is 0 Å². The predicted octanol–water partition coefficient (Wildman–Crippen LogP) is -0.896. The molecule has 4 N–H and O–H groups in total. The van der Waals surface area contributed by atoms with Crippen molar-refractivity contribution in [1.82, 2.24) is 5.32 Å². The maximum Gasteiger partial charge on any atom is 0.320 e. The Morgan fingerprint density at radius 1 is 1.45 bits per heavy atom. The van der Waals surface area contributed by atoms with Crippen LogP contribution in [-0.4, -0.2) is 42.0 Å². The molecule has 7 nitrogen and oxygen atoms in total. The molecule has 0 radical (unpaired) electrons. The van der Waals surface area contributed by atoms with Crippen LogP contribution < -0.4 is 16.0 Å². The van der Waals surface area contributed by atoms with Crippen molar-refractivity contribution in [2.45, 2.75) is 12.5 Å². The van der Waals surface area contributed by atoms with E-state index in [1.54, 1.807) is 24.3 Å². The van der Waals surface area contributed by atoms with Crippen LogP contribution in [0, 0.1) is 0 Å². The first-order chi connectivity index (χ1) is 9.49. The Morgan fingerprint density at radius 2 is 2.20 bits per heavy atom. The molecule has 0 saturated carbocycles. The van der Waals surface area contributed by atoms with E-state index >= 15 is 0 Å². The number of carbonyl (C=O) groups is 3. The second-order valence-electron chi connectivity index (χ2n) is 4.53. The molecule has 1 aliphatic heterocycles. The average Bonchev–Trinajstić information content (AvgIpc) is 2.42. The first-order valence-electron chi connectivity index (χ1n) is 6.16. The Kier molecular flexibility index (Phi) is 3.99. The van der Waals surface area contributed by atoms with Gasteiger partial charge in [0.1, 0.15) is 6.04 Å². The third-order valence-corrected chi connectivity index (χ3v) is 3.06. The van der Waals surface area contributed by atoms with E-state index in [4.69, 9.17) is 10.8 Å². The Bertz CT molecular complexity index is 558. The fraction of sp³-hybridized carbons (Fsp3) is 0.308. The summed E-state index contributed by atoms with van der Waals surface area (Å²) in [7, 11) is 0. The van der Waals surface area contributed by atoms with Crippen LogP contribution in [0.15, 0.2) is 24.3 Å². The topological polar surface area (TPSA) is 113 Å². The molecule has 1 saturated heterocycles. The van der Waals surface area contributed by atoms with Gasteiger partial charge in [0, 0.05) is 18.8 Å². The Hall–Kier alpha value is -2.41. The molecule has 2 rings (SSSR count). The predicted molar refractivity (Wildman–Crippen MR) is 71.1 cm³/mol. The van der Waals surface area contributed by atoms with Gasteiger partial charge >= 0.3 is 17.8 Å². The van der Waals surface area contributed by atoms with Crippen molar-refractivity contribution in [3.05, 3.63) is 29.8 Å². The zero-order chi connectivity index (χ0) is 14.7. The summed E-state index contributed by atoms with van der Waals surface area (Å²) in [5.74, 6) is -2.33. The first-order valence-corrected chi connectivity index (χ1v) is 6.16. The van der Waals surface area contributed by atoms with E-state index in [1.165, 1.54) is 4.90 Å². The smallest absolute Gasteiger partial charge is 0.320 e. The average molecular weight is 277 g/mol. The van der Waals surface area contributed by atoms with Crippen LogP contribution in [0.5, 0.6) is 0 Å². The molecule has 1 aromatic rings. The number of carbonyl (C=O) groups excluding carboxylic acids is 2. The van der Waals surface area contributed by atoms with Crippen LogP contribution in [0.1, 0.15) is 5.56 Å². The lowest BCUT2D eigenvalue weighted by Gasteiger charge is -2.26. The van der Waals surface area contributed by atoms with E-state index in [0.29, 0.717) is 24.3 Å². The molecule has 1 aliphatic rings. The molecule has 1 atom stereocenters. The van der Waals surface area contributed by atoms with Crippen LogP contribution in [0.2, 0.25) is 0 Å². The zero-order valence-corrected chi connectivity index (χ0v) is 10.7. The zero-order valence-electron chi connectivity index (χ0n) is 10.7. The minimum Gasteiger partial charge on any atom is -0.480 e. The van der Waals surface area contributed by atoms with Gasteiger partial charge in [-0.15, -0.1) is 0 Å². The number of anilines is 1. The van der Waals surface area contributed by atoms with E-state index in [2.05, 4.69) is 5.32 Å². The molecule has 0 bridgehead atoms. The lowest BCUT2D eigenvalue weighted by Crippen LogP contribution is -2.52. The number of benzene rings is 1. The number of hydrogen-bond donors (Lipinski definition) is 3. The number of carboxylic acid groups (broad SMARTS) is 1. The van der Waals surface area contributed by atoms with Gasteiger partial charge < -0.3 is 21.1 Å². The van der Waals surface area contributed by atoms with Gasteiger partial charge in [0.25, 0.3) is 0 Å². The van der Waals surface area contributed by atoms with Crippen molar-refractivity contribution in [2.24, 2.45) is 5.73 Å². The van der Waals surface area contributed by atoms with Gasteiger partial charge in [0.15, 0.2) is 0 Å². The van der Waals surface area contributed by atoms with Crippen molar-refractivity contribution < 1.29 is 19.5 Å². The van der Waals surface area contributed by atoms with Crippen LogP contribution in [0.3, 0.4) is 0 Å². The molecule has 106 valence electrons. The number of piperazine rings is 1. The Labute approximate surface area is 115 Å². The summed E-state index contributed by atoms with van der Waals surface area (Å²) in [6, 6.07) is 5.83. The summed E-state index contributed by atoms with van der Waals surface area (Å²) in [6.07, 6.45) is 0.164. The maximum atomic E-state index is 11.8. The number of rotatable bonds is 4. The third-order valence-electron chi connectivity index (χ3n) is 3.06. The van der Waals surface area contributed by atoms with Crippen LogP contribution in [0.25, 0.3) is 0 Å². The lowest BCUT2D eigenvalue weighted by atomic mass is 10.1. The number of nitrogens with one attached hydrogen (secondary N) is 1. The monoisotopic (exact) mass is 277 g/mol. The highest BCUT2D eigenvalue weighted by molar-refractivity contribution is 6.41. The molecule has 0 aliphatic carbocycles. The highest BCUT2D eigenvalue weighted by Gasteiger charge is 2.27. The van der Waals surface area contributed by atoms with Crippen molar-refractivity contribution in [3.8, 4) is 0 Å². The molecule has 1 unspecified atom stereocenters. The van der Waals surface area contributed by atoms with E-state index in [-0.39, 0.29) is 6.42 Å². The first kappa shape index (κ1) is 14.0. The van der Waals surface area contributed by atoms with Gasteiger partial charge in [-0.3, -0.25) is 14.4 Å². The molecule has 0 spiro atoms. The molecule has 1 fully saturated rings. The van der Waals surface area contributed by atoms with Gasteiger partial charge in [-0.2, -0.15) is 0 Å². The minimum atomic E-state index is -1.08. The van der Waals surface area contributed by atoms with Crippen LogP contribution in [-0.2, 0) is 20.8 Å². The largest absolute Gasteiger partial charge is 0.480 e. The molecular formula is C13H15N3O4. The van der Waals surface area contributed by atoms with Crippen LogP contribution >= 0.6 is 0 Å². The van der Waals surface area contributed by atoms with Gasteiger partial charge in [-0.05, 0) is 24.1 Å². The van der Waals surface area contributed by atoms with E-state index in [1.807, 2.05) is 0 Å². The number of nitrogens with zero attached hydrogens (tertiary/aromatic N) is 1. The number of amides is 2. The molecule has 20 heavy (non-hydrogen) atoms. The van der Waals surface area contributed by atoms with Gasteiger partial charge in [0.2, 0.25) is 0 Å². The van der Waals surface area contributed by atoms with E-state index in [9.17, 15) is 14.4 Å². The number of nitrogens with two attached hydrogens (primary N) is 1. The van der Waals surface area contributed by atoms with Gasteiger partial charge in [0.05, 0.1) is 0 Å². The van der Waals surface area contributed by atoms with Crippen molar-refractivity contribution in [1.29, 1.82) is 0 Å². The highest BCUT2D eigenvalue weighted by Crippen LogP contribution is 2.18. The summed E-state index contributed by atoms with van der Waals surface area (Å²) in [5, 5.41) is 11.3. The van der Waals surface area contributed by atoms with Gasteiger partial charge in [-0.1, -0.05) is 12.1 Å². The fourth-order valence-electron chi connectivity index (χ4n) is 2.02. The SMILES string of the molecule is NC(Cc1cccc(N2CCNC(=O)C2=O)c1)C(=O)O. The second-order valence-corrected chi connectivity index (χ2v) is 4.53. The van der Waals surface area contributed by atoms with Crippen molar-refractivity contribution >= 4 is 23.5 Å². The van der Waals surface area contributed by atoms with Crippen LogP contribution in [0.4, 0.5) is 5.69 Å². The van der Waals surface area contributed by atoms with Gasteiger partial charge in [-0.25, -0.2) is 0 Å². The fourth-order valence-corrected chi connectivity index (χ4v) is 2.02. The molecular weight excluding hydrogens is 262 g/mol. The quantitative estimate of drug-likeness (QED) is 0.618. The van der Waals surface area contributed by atoms with Crippen molar-refractivity contribution in [2.75, 3.05) is 18.0 Å². The normalized spacial score (nSPS) is 16.8. The molecule has 2 amide bonds. The van der Waals surface area contributed by atoms with Crippen molar-refractivity contribution in [3.63, 3.8) is 0 Å². The summed E-state index contributed by atoms with van der Waals surface area (Å²) in [4.78, 5) is 35.2. The number of carboxylic acids is 1. The molecule has 1 heterocycles. The Balaban J connectivity index is 2.19. The van der Waals surface area contributed by atoms with E-state index < -0.39 is 23.8 Å². The summed E-state index contributed by atoms with van der Waals surface area (Å²) >= 11 is 0. The highest BCUT2D eigenvalue weighted by atomic mass is 16.4. The molecule has 1 aromatic carbocycles. The number of aliphatic carboxylic acids is 1. The molecule has 7 heteroatoms. The summed E-state index contributed by atoms with van der Waals surface area (Å²) in [5.41, 5.74) is 6.76. The third kappa shape index (κ3) is 2.94. The minimum absolute atomic E-state index is 0.164. The Morgan fingerprint density at radius 3 is 2.90 bits per heavy atom. The summed E-state index contributed by atoms with van der Waals surface area (Å²) < 4.78 is 0. The second kappa shape index (κ2) is 5.70. The number of hydrogen-bond acceptors (Lipinski definition) is 4. The standard InChI is InChI=1S/C13H15N3O4/c14-10(13(19)20)7-8-2-1-3-9(6-8)16-5-4-15-11(17)12(16)18/h1-3,6,10H,4-5,7,14H2,(H,15,17)(H,19,20). The summed E-state index contributed by atoms with van der Waals surface area (Å²) in [6.45, 7) is 0.780. The maximum absolute atomic E-state index is 11.8. The molecule has 0 aromatic heterocycles. The lowest BCUT2D eigenvalue weighted by molar-refractivity contribution is -0.138.